The number of sulfone groups is 1. The lowest BCUT2D eigenvalue weighted by Gasteiger charge is -2.39. The van der Waals surface area contributed by atoms with Crippen LogP contribution in [0.2, 0.25) is 0 Å². The maximum absolute atomic E-state index is 11.1. The Morgan fingerprint density at radius 3 is 2.82 bits per heavy atom. The van der Waals surface area contributed by atoms with E-state index >= 15 is 0 Å². The molecule has 5 heteroatoms. The molecule has 0 radical (unpaired) electrons. The summed E-state index contributed by atoms with van der Waals surface area (Å²) in [6.45, 7) is 0. The molecule has 4 nitrogen and oxygen atoms in total. The second-order valence-corrected chi connectivity index (χ2v) is 4.88. The van der Waals surface area contributed by atoms with E-state index in [1.807, 2.05) is 0 Å². The summed E-state index contributed by atoms with van der Waals surface area (Å²) in [5, 5.41) is -0.556. The average Bonchev–Trinajstić information content (AvgIpc) is 1.91. The van der Waals surface area contributed by atoms with Crippen LogP contribution in [0.5, 0.6) is 0 Å². The van der Waals surface area contributed by atoms with E-state index in [9.17, 15) is 13.2 Å². The molecule has 11 heavy (non-hydrogen) atoms. The molecule has 0 aliphatic carbocycles. The van der Waals surface area contributed by atoms with Crippen LogP contribution in [0.15, 0.2) is 12.3 Å². The maximum Gasteiger partial charge on any atom is 0.230 e. The Morgan fingerprint density at radius 1 is 1.55 bits per heavy atom. The van der Waals surface area contributed by atoms with Gasteiger partial charge in [-0.2, -0.15) is 0 Å². The molecule has 0 aromatic rings. The molecule has 0 saturated carbocycles. The van der Waals surface area contributed by atoms with E-state index in [-0.39, 0.29) is 18.1 Å². The number of carbonyl (C=O) groups is 1. The molecule has 0 spiro atoms. The highest BCUT2D eigenvalue weighted by molar-refractivity contribution is 7.92. The molecule has 2 aliphatic heterocycles. The van der Waals surface area contributed by atoms with Crippen LogP contribution in [0, 0.1) is 0 Å². The van der Waals surface area contributed by atoms with Crippen LogP contribution in [0.3, 0.4) is 0 Å². The van der Waals surface area contributed by atoms with Crippen molar-refractivity contribution in [1.29, 1.82) is 0 Å². The number of fused-ring (bicyclic) bond motifs is 1. The zero-order valence-electron chi connectivity index (χ0n) is 5.73. The highest BCUT2D eigenvalue weighted by atomic mass is 32.2. The highest BCUT2D eigenvalue weighted by Gasteiger charge is 2.45. The van der Waals surface area contributed by atoms with Crippen molar-refractivity contribution in [1.82, 2.24) is 4.90 Å². The second-order valence-electron chi connectivity index (χ2n) is 2.67. The van der Waals surface area contributed by atoms with E-state index in [4.69, 9.17) is 0 Å². The minimum atomic E-state index is -3.04. The molecule has 1 atom stereocenters. The summed E-state index contributed by atoms with van der Waals surface area (Å²) >= 11 is 0. The quantitative estimate of drug-likeness (QED) is 0.463. The fourth-order valence-corrected chi connectivity index (χ4v) is 2.79. The van der Waals surface area contributed by atoms with Crippen molar-refractivity contribution < 1.29 is 13.2 Å². The summed E-state index contributed by atoms with van der Waals surface area (Å²) in [4.78, 5) is 12.0. The molecule has 1 amide bonds. The van der Waals surface area contributed by atoms with Gasteiger partial charge >= 0.3 is 0 Å². The Hall–Kier alpha value is -0.840. The molecule has 2 rings (SSSR count). The van der Waals surface area contributed by atoms with Crippen LogP contribution in [0.1, 0.15) is 6.42 Å². The van der Waals surface area contributed by atoms with Gasteiger partial charge in [0.2, 0.25) is 5.91 Å². The van der Waals surface area contributed by atoms with Crippen molar-refractivity contribution in [2.75, 3.05) is 5.75 Å². The zero-order valence-corrected chi connectivity index (χ0v) is 6.54. The van der Waals surface area contributed by atoms with Gasteiger partial charge in [0, 0.05) is 6.20 Å². The Labute approximate surface area is 64.4 Å². The van der Waals surface area contributed by atoms with Crippen LogP contribution in [0.25, 0.3) is 0 Å². The largest absolute Gasteiger partial charge is 0.301 e. The van der Waals surface area contributed by atoms with Crippen molar-refractivity contribution in [3.8, 4) is 0 Å². The molecule has 1 fully saturated rings. The fraction of sp³-hybridized carbons (Fsp3) is 0.500. The Morgan fingerprint density at radius 2 is 2.27 bits per heavy atom. The van der Waals surface area contributed by atoms with Gasteiger partial charge in [0.05, 0.1) is 12.2 Å². The first-order valence-electron chi connectivity index (χ1n) is 3.31. The molecule has 0 aromatic carbocycles. The number of carbonyl (C=O) groups excluding carboxylic acids is 1. The standard InChI is InChI=1S/C6H7NO3S/c8-5-4-6-7(5)2-1-3-11(6,9)10/h1-2,6H,3-4H2/t6-/m1/s1. The molecule has 0 bridgehead atoms. The second kappa shape index (κ2) is 1.85. The van der Waals surface area contributed by atoms with Gasteiger partial charge in [-0.1, -0.05) is 6.08 Å². The van der Waals surface area contributed by atoms with Crippen LogP contribution in [0.4, 0.5) is 0 Å². The first-order valence-corrected chi connectivity index (χ1v) is 5.02. The first kappa shape index (κ1) is 6.84. The lowest BCUT2D eigenvalue weighted by atomic mass is 10.2. The lowest BCUT2D eigenvalue weighted by Crippen LogP contribution is -2.55. The smallest absolute Gasteiger partial charge is 0.230 e. The van der Waals surface area contributed by atoms with Crippen LogP contribution < -0.4 is 0 Å². The normalized spacial score (nSPS) is 32.9. The Kier molecular flexibility index (Phi) is 1.15. The van der Waals surface area contributed by atoms with Crippen molar-refractivity contribution in [2.24, 2.45) is 0 Å². The van der Waals surface area contributed by atoms with Crippen LogP contribution in [-0.2, 0) is 14.6 Å². The highest BCUT2D eigenvalue weighted by Crippen LogP contribution is 2.28. The van der Waals surface area contributed by atoms with E-state index < -0.39 is 15.2 Å². The van der Waals surface area contributed by atoms with Gasteiger partial charge in [0.15, 0.2) is 9.84 Å². The monoisotopic (exact) mass is 173 g/mol. The molecule has 1 saturated heterocycles. The Bertz CT molecular complexity index is 330. The minimum absolute atomic E-state index is 0.0709. The summed E-state index contributed by atoms with van der Waals surface area (Å²) in [7, 11) is -3.04. The SMILES string of the molecule is O=C1C[C@@H]2N1C=CCS2(=O)=O. The van der Waals surface area contributed by atoms with Gasteiger partial charge in [-0.15, -0.1) is 0 Å². The number of hydrogen-bond donors (Lipinski definition) is 0. The number of β-lactam (4-membered cyclic amide) rings is 1. The number of amides is 1. The van der Waals surface area contributed by atoms with Gasteiger partial charge in [0.25, 0.3) is 0 Å². The van der Waals surface area contributed by atoms with E-state index in [0.717, 1.165) is 0 Å². The van der Waals surface area contributed by atoms with Gasteiger partial charge in [-0.3, -0.25) is 4.79 Å². The van der Waals surface area contributed by atoms with E-state index in [1.165, 1.54) is 11.0 Å². The van der Waals surface area contributed by atoms with Crippen LogP contribution in [-0.4, -0.2) is 30.4 Å². The molecule has 0 aromatic heterocycles. The third-order valence-electron chi connectivity index (χ3n) is 1.96. The predicted molar refractivity (Wildman–Crippen MR) is 38.2 cm³/mol. The van der Waals surface area contributed by atoms with Crippen molar-refractivity contribution in [3.63, 3.8) is 0 Å². The molecule has 0 unspecified atom stereocenters. The molecule has 0 N–H and O–H groups in total. The van der Waals surface area contributed by atoms with Crippen molar-refractivity contribution in [2.45, 2.75) is 11.8 Å². The summed E-state index contributed by atoms with van der Waals surface area (Å²) in [5.41, 5.74) is 0. The molecular formula is C6H7NO3S. The number of hydrogen-bond acceptors (Lipinski definition) is 3. The van der Waals surface area contributed by atoms with Crippen molar-refractivity contribution in [3.05, 3.63) is 12.3 Å². The molecule has 2 aliphatic rings. The fourth-order valence-electron chi connectivity index (χ4n) is 1.28. The molecule has 60 valence electrons. The number of rotatable bonds is 0. The van der Waals surface area contributed by atoms with Crippen LogP contribution >= 0.6 is 0 Å². The van der Waals surface area contributed by atoms with Gasteiger partial charge in [-0.05, 0) is 0 Å². The summed E-state index contributed by atoms with van der Waals surface area (Å²) in [6.07, 6.45) is 3.22. The summed E-state index contributed by atoms with van der Waals surface area (Å²) in [5.74, 6) is -0.0314. The maximum atomic E-state index is 11.1. The lowest BCUT2D eigenvalue weighted by molar-refractivity contribution is -0.137. The first-order chi connectivity index (χ1) is 5.11. The molecular weight excluding hydrogens is 166 g/mol. The van der Waals surface area contributed by atoms with E-state index in [2.05, 4.69) is 0 Å². The van der Waals surface area contributed by atoms with E-state index in [0.29, 0.717) is 0 Å². The van der Waals surface area contributed by atoms with E-state index in [1.54, 1.807) is 6.20 Å². The molecule has 2 heterocycles. The Balaban J connectivity index is 2.39. The third-order valence-corrected chi connectivity index (χ3v) is 3.84. The zero-order chi connectivity index (χ0) is 8.06. The number of nitrogens with zero attached hydrogens (tertiary/aromatic N) is 1. The topological polar surface area (TPSA) is 54.5 Å². The van der Waals surface area contributed by atoms with Gasteiger partial charge in [-0.25, -0.2) is 8.42 Å². The average molecular weight is 173 g/mol. The van der Waals surface area contributed by atoms with Gasteiger partial charge in [0.1, 0.15) is 5.37 Å². The predicted octanol–water partition coefficient (Wildman–Crippen LogP) is -0.513. The summed E-state index contributed by atoms with van der Waals surface area (Å²) in [6, 6.07) is 0. The van der Waals surface area contributed by atoms with Crippen molar-refractivity contribution >= 4 is 15.7 Å². The summed E-state index contributed by atoms with van der Waals surface area (Å²) < 4.78 is 22.3. The third kappa shape index (κ3) is 0.805. The minimum Gasteiger partial charge on any atom is -0.301 e. The van der Waals surface area contributed by atoms with Gasteiger partial charge < -0.3 is 4.90 Å².